The minimum Gasteiger partial charge on any atom is -0.501 e. The monoisotopic (exact) mass is 497 g/mol. The molecule has 0 spiro atoms. The molecule has 27 heavy (non-hydrogen) atoms. The van der Waals surface area contributed by atoms with E-state index in [2.05, 4.69) is 17.6 Å². The van der Waals surface area contributed by atoms with Crippen LogP contribution < -0.4 is 10.6 Å². The van der Waals surface area contributed by atoms with E-state index in [9.17, 15) is 20.0 Å². The summed E-state index contributed by atoms with van der Waals surface area (Å²) in [5, 5.41) is 26.9. The third kappa shape index (κ3) is 4.53. The van der Waals surface area contributed by atoms with Crippen LogP contribution in [0.2, 0.25) is 0 Å². The zero-order valence-electron chi connectivity index (χ0n) is 14.2. The highest BCUT2D eigenvalue weighted by atomic mass is 127. The number of nitro groups is 1. The Hall–Kier alpha value is -2.27. The number of nitrogens with one attached hydrogen (secondary N) is 2. The highest BCUT2D eigenvalue weighted by molar-refractivity contribution is 14.1. The smallest absolute Gasteiger partial charge is 0.312 e. The van der Waals surface area contributed by atoms with Gasteiger partial charge in [-0.15, -0.1) is 0 Å². The van der Waals surface area contributed by atoms with Gasteiger partial charge in [-0.2, -0.15) is 0 Å². The maximum Gasteiger partial charge on any atom is 0.312 e. The Bertz CT molecular complexity index is 931. The Morgan fingerprint density at radius 1 is 1.37 bits per heavy atom. The zero-order valence-corrected chi connectivity index (χ0v) is 17.2. The summed E-state index contributed by atoms with van der Waals surface area (Å²) >= 11 is 3.12. The molecular weight excluding hydrogens is 481 g/mol. The Morgan fingerprint density at radius 2 is 2.07 bits per heavy atom. The van der Waals surface area contributed by atoms with Crippen LogP contribution in [0, 0.1) is 13.7 Å². The van der Waals surface area contributed by atoms with E-state index in [1.165, 1.54) is 23.4 Å². The number of carbonyl (C=O) groups is 1. The molecule has 3 rings (SSSR count). The number of carbonyl (C=O) groups excluding carboxylic acids is 1. The second-order valence-electron chi connectivity index (χ2n) is 5.80. The second-order valence-corrected chi connectivity index (χ2v) is 8.11. The molecule has 1 amide bonds. The number of anilines is 1. The lowest BCUT2D eigenvalue weighted by Crippen LogP contribution is -2.30. The van der Waals surface area contributed by atoms with Gasteiger partial charge in [0.15, 0.2) is 5.50 Å². The number of hydrogen-bond donors (Lipinski definition) is 3. The molecule has 1 heterocycles. The molecule has 0 aromatic heterocycles. The summed E-state index contributed by atoms with van der Waals surface area (Å²) in [5.74, 6) is -0.630. The van der Waals surface area contributed by atoms with Gasteiger partial charge in [0, 0.05) is 11.8 Å². The Morgan fingerprint density at radius 3 is 2.70 bits per heavy atom. The molecule has 1 fully saturated rings. The third-order valence-corrected chi connectivity index (χ3v) is 5.80. The van der Waals surface area contributed by atoms with Crippen LogP contribution in [0.4, 0.5) is 11.4 Å². The molecule has 0 unspecified atom stereocenters. The normalized spacial score (nSPS) is 17.8. The van der Waals surface area contributed by atoms with Crippen LogP contribution in [0.3, 0.4) is 0 Å². The fraction of sp³-hybridized carbons (Fsp3) is 0.167. The molecule has 1 saturated heterocycles. The van der Waals surface area contributed by atoms with Gasteiger partial charge in [0.1, 0.15) is 0 Å². The van der Waals surface area contributed by atoms with Crippen molar-refractivity contribution in [2.75, 3.05) is 5.32 Å². The molecule has 0 saturated carbocycles. The lowest BCUT2D eigenvalue weighted by Gasteiger charge is -2.12. The van der Waals surface area contributed by atoms with Crippen molar-refractivity contribution in [2.24, 2.45) is 0 Å². The third-order valence-electron chi connectivity index (χ3n) is 3.95. The van der Waals surface area contributed by atoms with Gasteiger partial charge in [-0.1, -0.05) is 30.8 Å². The van der Waals surface area contributed by atoms with Crippen molar-refractivity contribution in [2.45, 2.75) is 18.8 Å². The number of hydrogen-bond acceptors (Lipinski definition) is 6. The SMILES string of the molecule is CCc1ccc(N[C@H]2NC(=O)/C(=C/c3cc(I)c(O)c([N+](=O)[O-])c3)S2)cc1. The summed E-state index contributed by atoms with van der Waals surface area (Å²) in [6.45, 7) is 2.08. The zero-order chi connectivity index (χ0) is 19.6. The molecule has 1 aliphatic rings. The van der Waals surface area contributed by atoms with Crippen LogP contribution in [-0.4, -0.2) is 21.4 Å². The molecule has 2 aromatic rings. The molecular formula is C18H16IN3O4S. The van der Waals surface area contributed by atoms with Gasteiger partial charge in [0.25, 0.3) is 5.91 Å². The number of phenols is 1. The van der Waals surface area contributed by atoms with Gasteiger partial charge < -0.3 is 15.7 Å². The molecule has 3 N–H and O–H groups in total. The van der Waals surface area contributed by atoms with E-state index in [-0.39, 0.29) is 22.8 Å². The maximum absolute atomic E-state index is 12.2. The fourth-order valence-corrected chi connectivity index (χ4v) is 4.15. The Kier molecular flexibility index (Phi) is 5.90. The lowest BCUT2D eigenvalue weighted by molar-refractivity contribution is -0.386. The quantitative estimate of drug-likeness (QED) is 0.249. The highest BCUT2D eigenvalue weighted by Crippen LogP contribution is 2.35. The molecule has 2 aromatic carbocycles. The van der Waals surface area contributed by atoms with Crippen molar-refractivity contribution in [1.29, 1.82) is 0 Å². The van der Waals surface area contributed by atoms with Crippen molar-refractivity contribution in [3.8, 4) is 5.75 Å². The maximum atomic E-state index is 12.2. The summed E-state index contributed by atoms with van der Waals surface area (Å²) in [6.07, 6.45) is 2.54. The number of thioether (sulfide) groups is 1. The average Bonchev–Trinajstić information content (AvgIpc) is 2.97. The van der Waals surface area contributed by atoms with Gasteiger partial charge >= 0.3 is 5.69 Å². The van der Waals surface area contributed by atoms with Gasteiger partial charge in [-0.3, -0.25) is 14.9 Å². The van der Waals surface area contributed by atoms with Crippen LogP contribution >= 0.6 is 34.4 Å². The fourth-order valence-electron chi connectivity index (χ4n) is 2.53. The highest BCUT2D eigenvalue weighted by Gasteiger charge is 2.27. The molecule has 9 heteroatoms. The molecule has 0 bridgehead atoms. The van der Waals surface area contributed by atoms with Crippen molar-refractivity contribution >= 4 is 57.7 Å². The van der Waals surface area contributed by atoms with Crippen LogP contribution in [0.1, 0.15) is 18.1 Å². The number of benzene rings is 2. The first-order valence-electron chi connectivity index (χ1n) is 8.09. The van der Waals surface area contributed by atoms with E-state index >= 15 is 0 Å². The first kappa shape index (κ1) is 19.5. The van der Waals surface area contributed by atoms with Gasteiger partial charge in [0.2, 0.25) is 5.75 Å². The number of nitrogens with zero attached hydrogens (tertiary/aromatic N) is 1. The molecule has 0 aliphatic carbocycles. The number of phenolic OH excluding ortho intramolecular Hbond substituents is 1. The van der Waals surface area contributed by atoms with Crippen LogP contribution in [0.5, 0.6) is 5.75 Å². The van der Waals surface area contributed by atoms with E-state index in [4.69, 9.17) is 0 Å². The second kappa shape index (κ2) is 8.17. The van der Waals surface area contributed by atoms with Crippen molar-refractivity contribution < 1.29 is 14.8 Å². The van der Waals surface area contributed by atoms with Crippen molar-refractivity contribution in [3.05, 3.63) is 66.1 Å². The summed E-state index contributed by atoms with van der Waals surface area (Å²) in [4.78, 5) is 23.1. The average molecular weight is 497 g/mol. The summed E-state index contributed by atoms with van der Waals surface area (Å²) in [6, 6.07) is 10.8. The van der Waals surface area contributed by atoms with Crippen molar-refractivity contribution in [3.63, 3.8) is 0 Å². The molecule has 140 valence electrons. The number of rotatable bonds is 5. The van der Waals surface area contributed by atoms with Gasteiger partial charge in [-0.25, -0.2) is 0 Å². The number of amides is 1. The van der Waals surface area contributed by atoms with E-state index in [1.807, 2.05) is 46.9 Å². The molecule has 1 atom stereocenters. The molecule has 7 nitrogen and oxygen atoms in total. The van der Waals surface area contributed by atoms with Gasteiger partial charge in [-0.05, 0) is 64.4 Å². The summed E-state index contributed by atoms with van der Waals surface area (Å²) < 4.78 is 0.350. The number of aryl methyl sites for hydroxylation is 1. The number of aromatic hydroxyl groups is 1. The Balaban J connectivity index is 1.78. The molecule has 1 aliphatic heterocycles. The predicted octanol–water partition coefficient (Wildman–Crippen LogP) is 4.07. The largest absolute Gasteiger partial charge is 0.501 e. The van der Waals surface area contributed by atoms with Crippen LogP contribution in [0.15, 0.2) is 41.3 Å². The first-order valence-corrected chi connectivity index (χ1v) is 10.0. The standard InChI is InChI=1S/C18H16IN3O4S/c1-2-10-3-5-12(6-4-10)20-18-21-17(24)15(27-18)9-11-7-13(19)16(23)14(8-11)22(25)26/h3-9,18,20,23H,2H2,1H3,(H,21,24)/b15-9-/t18-/m0/s1. The van der Waals surface area contributed by atoms with Crippen LogP contribution in [0.25, 0.3) is 6.08 Å². The predicted molar refractivity (Wildman–Crippen MR) is 114 cm³/mol. The number of nitro benzene ring substituents is 1. The van der Waals surface area contributed by atoms with E-state index in [0.29, 0.717) is 14.0 Å². The molecule has 0 radical (unpaired) electrons. The topological polar surface area (TPSA) is 104 Å². The summed E-state index contributed by atoms with van der Waals surface area (Å²) in [5.41, 5.74) is 1.88. The van der Waals surface area contributed by atoms with E-state index < -0.39 is 4.92 Å². The minimum atomic E-state index is -0.647. The minimum absolute atomic E-state index is 0.256. The van der Waals surface area contributed by atoms with Crippen LogP contribution in [-0.2, 0) is 11.2 Å². The lowest BCUT2D eigenvalue weighted by atomic mass is 10.1. The Labute approximate surface area is 173 Å². The van der Waals surface area contributed by atoms with Gasteiger partial charge in [0.05, 0.1) is 13.4 Å². The van der Waals surface area contributed by atoms with E-state index in [1.54, 1.807) is 12.1 Å². The van der Waals surface area contributed by atoms with E-state index in [0.717, 1.165) is 12.1 Å². The van der Waals surface area contributed by atoms with Crippen molar-refractivity contribution in [1.82, 2.24) is 5.32 Å². The number of halogens is 1. The first-order chi connectivity index (χ1) is 12.9. The summed E-state index contributed by atoms with van der Waals surface area (Å²) in [7, 11) is 0.